The third kappa shape index (κ3) is 4.20. The van der Waals surface area contributed by atoms with E-state index in [1.54, 1.807) is 6.20 Å². The van der Waals surface area contributed by atoms with Crippen molar-refractivity contribution in [3.8, 4) is 5.75 Å². The molecule has 3 rings (SSSR count). The fourth-order valence-corrected chi connectivity index (χ4v) is 3.29. The minimum atomic E-state index is -0.236. The Balaban J connectivity index is 0.00000156. The van der Waals surface area contributed by atoms with Crippen molar-refractivity contribution in [3.05, 3.63) is 52.3 Å². The van der Waals surface area contributed by atoms with Gasteiger partial charge in [-0.05, 0) is 56.0 Å². The molecule has 4 nitrogen and oxygen atoms in total. The number of hydrogen-bond donors (Lipinski definition) is 2. The van der Waals surface area contributed by atoms with Crippen molar-refractivity contribution in [1.29, 1.82) is 0 Å². The van der Waals surface area contributed by atoms with E-state index in [-0.39, 0.29) is 30.4 Å². The first-order valence-electron chi connectivity index (χ1n) is 8.08. The van der Waals surface area contributed by atoms with Gasteiger partial charge in [-0.1, -0.05) is 6.07 Å². The van der Waals surface area contributed by atoms with Gasteiger partial charge in [-0.2, -0.15) is 0 Å². The molecule has 1 atom stereocenters. The molecular weight excluding hydrogens is 357 g/mol. The third-order valence-electron chi connectivity index (χ3n) is 4.89. The summed E-state index contributed by atoms with van der Waals surface area (Å²) in [5.74, 6) is 1.03. The molecule has 3 N–H and O–H groups in total. The number of nitrogens with two attached hydrogens (primary N) is 1. The van der Waals surface area contributed by atoms with Crippen LogP contribution in [0.3, 0.4) is 0 Å². The van der Waals surface area contributed by atoms with Crippen molar-refractivity contribution < 1.29 is 4.74 Å². The first-order chi connectivity index (χ1) is 10.9. The summed E-state index contributed by atoms with van der Waals surface area (Å²) < 4.78 is 6.35. The fourth-order valence-electron chi connectivity index (χ4n) is 3.29. The van der Waals surface area contributed by atoms with Crippen LogP contribution in [0, 0.1) is 20.8 Å². The number of rotatable bonds is 4. The normalized spacial score (nSPS) is 17.9. The maximum Gasteiger partial charge on any atom is 0.127 e. The minimum Gasteiger partial charge on any atom is -0.485 e. The van der Waals surface area contributed by atoms with Gasteiger partial charge in [0.25, 0.3) is 0 Å². The van der Waals surface area contributed by atoms with Crippen LogP contribution in [0.2, 0.25) is 0 Å². The Kier molecular flexibility index (Phi) is 7.12. The van der Waals surface area contributed by atoms with Gasteiger partial charge in [-0.15, -0.1) is 24.8 Å². The SMILES string of the molecule is Cc1c(C)c2c(c(C)c1N)CC(C)(CNCc1cccnc1)O2.Cl.Cl. The van der Waals surface area contributed by atoms with Gasteiger partial charge >= 0.3 is 0 Å². The Labute approximate surface area is 162 Å². The second-order valence-electron chi connectivity index (χ2n) is 6.79. The Bertz CT molecular complexity index is 698. The van der Waals surface area contributed by atoms with Crippen LogP contribution in [0.25, 0.3) is 0 Å². The molecule has 0 fully saturated rings. The quantitative estimate of drug-likeness (QED) is 0.785. The topological polar surface area (TPSA) is 60.2 Å². The number of pyridine rings is 1. The zero-order valence-electron chi connectivity index (χ0n) is 15.2. The number of benzene rings is 1. The van der Waals surface area contributed by atoms with Crippen molar-refractivity contribution in [2.24, 2.45) is 0 Å². The number of nitrogens with zero attached hydrogens (tertiary/aromatic N) is 1. The smallest absolute Gasteiger partial charge is 0.127 e. The lowest BCUT2D eigenvalue weighted by Gasteiger charge is -2.25. The van der Waals surface area contributed by atoms with E-state index in [0.29, 0.717) is 0 Å². The van der Waals surface area contributed by atoms with Crippen LogP contribution < -0.4 is 15.8 Å². The summed E-state index contributed by atoms with van der Waals surface area (Å²) in [6, 6.07) is 4.03. The van der Waals surface area contributed by atoms with E-state index in [4.69, 9.17) is 10.5 Å². The Hall–Kier alpha value is -1.49. The van der Waals surface area contributed by atoms with Crippen molar-refractivity contribution in [1.82, 2.24) is 10.3 Å². The summed E-state index contributed by atoms with van der Waals surface area (Å²) >= 11 is 0. The summed E-state index contributed by atoms with van der Waals surface area (Å²) in [6.45, 7) is 10.00. The van der Waals surface area contributed by atoms with Crippen molar-refractivity contribution >= 4 is 30.5 Å². The highest BCUT2D eigenvalue weighted by Gasteiger charge is 2.37. The van der Waals surface area contributed by atoms with E-state index in [0.717, 1.165) is 36.5 Å². The largest absolute Gasteiger partial charge is 0.485 e. The Morgan fingerprint density at radius 1 is 1.20 bits per heavy atom. The predicted molar refractivity (Wildman–Crippen MR) is 108 cm³/mol. The van der Waals surface area contributed by atoms with Crippen LogP contribution in [0.4, 0.5) is 5.69 Å². The zero-order chi connectivity index (χ0) is 16.6. The molecule has 0 bridgehead atoms. The first-order valence-corrected chi connectivity index (χ1v) is 8.08. The van der Waals surface area contributed by atoms with Gasteiger partial charge in [0.15, 0.2) is 0 Å². The second kappa shape index (κ2) is 8.26. The highest BCUT2D eigenvalue weighted by atomic mass is 35.5. The average Bonchev–Trinajstić information content (AvgIpc) is 2.90. The molecule has 2 aromatic rings. The van der Waals surface area contributed by atoms with Crippen LogP contribution in [0.15, 0.2) is 24.5 Å². The molecule has 0 aliphatic carbocycles. The van der Waals surface area contributed by atoms with Crippen molar-refractivity contribution in [3.63, 3.8) is 0 Å². The predicted octanol–water partition coefficient (Wildman–Crippen LogP) is 3.92. The van der Waals surface area contributed by atoms with Gasteiger partial charge in [0.2, 0.25) is 0 Å². The minimum absolute atomic E-state index is 0. The van der Waals surface area contributed by atoms with E-state index >= 15 is 0 Å². The number of fused-ring (bicyclic) bond motifs is 1. The first kappa shape index (κ1) is 21.6. The number of halogens is 2. The molecule has 6 heteroatoms. The Morgan fingerprint density at radius 2 is 1.92 bits per heavy atom. The number of aromatic nitrogens is 1. The van der Waals surface area contributed by atoms with Gasteiger partial charge < -0.3 is 15.8 Å². The molecular formula is C19H27Cl2N3O. The lowest BCUT2D eigenvalue weighted by molar-refractivity contribution is 0.113. The maximum atomic E-state index is 6.35. The number of ether oxygens (including phenoxy) is 1. The zero-order valence-corrected chi connectivity index (χ0v) is 16.8. The summed E-state index contributed by atoms with van der Waals surface area (Å²) in [5.41, 5.74) is 12.8. The van der Waals surface area contributed by atoms with E-state index in [2.05, 4.69) is 44.1 Å². The van der Waals surface area contributed by atoms with E-state index in [1.165, 1.54) is 22.3 Å². The molecule has 1 unspecified atom stereocenters. The number of nitrogens with one attached hydrogen (secondary N) is 1. The molecule has 1 aliphatic heterocycles. The second-order valence-corrected chi connectivity index (χ2v) is 6.79. The monoisotopic (exact) mass is 383 g/mol. The van der Waals surface area contributed by atoms with Gasteiger partial charge in [-0.3, -0.25) is 4.98 Å². The summed E-state index contributed by atoms with van der Waals surface area (Å²) in [7, 11) is 0. The van der Waals surface area contributed by atoms with Gasteiger partial charge in [0.1, 0.15) is 11.4 Å². The Morgan fingerprint density at radius 3 is 2.56 bits per heavy atom. The van der Waals surface area contributed by atoms with Gasteiger partial charge in [-0.25, -0.2) is 0 Å². The summed E-state index contributed by atoms with van der Waals surface area (Å²) in [6.07, 6.45) is 4.57. The molecule has 2 heterocycles. The maximum absolute atomic E-state index is 6.35. The number of anilines is 1. The van der Waals surface area contributed by atoms with Crippen LogP contribution >= 0.6 is 24.8 Å². The molecule has 0 spiro atoms. The van der Waals surface area contributed by atoms with Crippen LogP contribution in [0.1, 0.15) is 34.7 Å². The van der Waals surface area contributed by atoms with Gasteiger partial charge in [0.05, 0.1) is 0 Å². The average molecular weight is 384 g/mol. The third-order valence-corrected chi connectivity index (χ3v) is 4.89. The molecule has 0 radical (unpaired) electrons. The summed E-state index contributed by atoms with van der Waals surface area (Å²) in [5, 5.41) is 3.49. The van der Waals surface area contributed by atoms with Crippen molar-refractivity contribution in [2.75, 3.05) is 12.3 Å². The highest BCUT2D eigenvalue weighted by Crippen LogP contribution is 2.43. The van der Waals surface area contributed by atoms with E-state index < -0.39 is 0 Å². The molecule has 138 valence electrons. The number of hydrogen-bond acceptors (Lipinski definition) is 4. The number of nitrogen functional groups attached to an aromatic ring is 1. The lowest BCUT2D eigenvalue weighted by Crippen LogP contribution is -2.41. The molecule has 0 saturated heterocycles. The summed E-state index contributed by atoms with van der Waals surface area (Å²) in [4.78, 5) is 4.14. The molecule has 25 heavy (non-hydrogen) atoms. The van der Waals surface area contributed by atoms with Crippen molar-refractivity contribution in [2.45, 2.75) is 46.3 Å². The standard InChI is InChI=1S/C19H25N3O.2ClH/c1-12-13(2)18-16(14(3)17(12)20)8-19(4,23-18)11-22-10-15-6-5-7-21-9-15;;/h5-7,9,22H,8,10-11,20H2,1-4H3;2*1H. The van der Waals surface area contributed by atoms with Crippen LogP contribution in [-0.2, 0) is 13.0 Å². The van der Waals surface area contributed by atoms with E-state index in [9.17, 15) is 0 Å². The highest BCUT2D eigenvalue weighted by molar-refractivity contribution is 5.85. The lowest BCUT2D eigenvalue weighted by atomic mass is 9.92. The molecule has 1 aliphatic rings. The molecule has 0 amide bonds. The van der Waals surface area contributed by atoms with Crippen LogP contribution in [-0.4, -0.2) is 17.1 Å². The molecule has 1 aromatic heterocycles. The molecule has 0 saturated carbocycles. The van der Waals surface area contributed by atoms with E-state index in [1.807, 2.05) is 12.3 Å². The molecule has 1 aromatic carbocycles. The fraction of sp³-hybridized carbons (Fsp3) is 0.421. The van der Waals surface area contributed by atoms with Gasteiger partial charge in [0, 0.05) is 43.2 Å². The van der Waals surface area contributed by atoms with Crippen LogP contribution in [0.5, 0.6) is 5.75 Å².